The first kappa shape index (κ1) is 13.1. The van der Waals surface area contributed by atoms with Crippen LogP contribution in [0, 0.1) is 12.8 Å². The predicted octanol–water partition coefficient (Wildman–Crippen LogP) is 1.06. The van der Waals surface area contributed by atoms with Crippen LogP contribution in [0.25, 0.3) is 0 Å². The molecule has 100 valence electrons. The zero-order valence-corrected chi connectivity index (χ0v) is 11.4. The van der Waals surface area contributed by atoms with E-state index in [1.54, 1.807) is 0 Å². The molecule has 0 aromatic carbocycles. The van der Waals surface area contributed by atoms with Gasteiger partial charge >= 0.3 is 0 Å². The zero-order chi connectivity index (χ0) is 13.1. The van der Waals surface area contributed by atoms with Crippen molar-refractivity contribution in [2.45, 2.75) is 19.8 Å². The Balaban J connectivity index is 2.13. The lowest BCUT2D eigenvalue weighted by Gasteiger charge is -2.32. The highest BCUT2D eigenvalue weighted by atomic mass is 16.3. The lowest BCUT2D eigenvalue weighted by Crippen LogP contribution is -2.35. The zero-order valence-electron chi connectivity index (χ0n) is 11.4. The van der Waals surface area contributed by atoms with E-state index in [9.17, 15) is 0 Å². The maximum atomic E-state index is 9.16. The molecule has 2 rings (SSSR count). The molecule has 5 heteroatoms. The summed E-state index contributed by atoms with van der Waals surface area (Å²) < 4.78 is 0. The average Bonchev–Trinajstić information content (AvgIpc) is 2.38. The second-order valence-corrected chi connectivity index (χ2v) is 5.14. The summed E-state index contributed by atoms with van der Waals surface area (Å²) in [6, 6.07) is 2.03. The summed E-state index contributed by atoms with van der Waals surface area (Å²) in [5.74, 6) is 3.21. The minimum Gasteiger partial charge on any atom is -0.396 e. The monoisotopic (exact) mass is 250 g/mol. The number of aliphatic hydroxyl groups excluding tert-OH is 1. The Morgan fingerprint density at radius 1 is 1.33 bits per heavy atom. The first-order valence-corrected chi connectivity index (χ1v) is 6.49. The molecule has 0 radical (unpaired) electrons. The molecule has 0 atom stereocenters. The van der Waals surface area contributed by atoms with Gasteiger partial charge in [-0.2, -0.15) is 0 Å². The summed E-state index contributed by atoms with van der Waals surface area (Å²) in [6.45, 7) is 4.17. The van der Waals surface area contributed by atoms with Crippen LogP contribution in [-0.4, -0.2) is 48.9 Å². The highest BCUT2D eigenvalue weighted by molar-refractivity contribution is 5.50. The van der Waals surface area contributed by atoms with Crippen molar-refractivity contribution in [1.82, 2.24) is 9.97 Å². The third-order valence-electron chi connectivity index (χ3n) is 3.47. The highest BCUT2D eigenvalue weighted by Gasteiger charge is 2.20. The van der Waals surface area contributed by atoms with Crippen molar-refractivity contribution in [2.75, 3.05) is 43.6 Å². The van der Waals surface area contributed by atoms with Gasteiger partial charge in [-0.05, 0) is 25.7 Å². The fourth-order valence-electron chi connectivity index (χ4n) is 2.27. The van der Waals surface area contributed by atoms with Crippen molar-refractivity contribution >= 4 is 11.6 Å². The van der Waals surface area contributed by atoms with Gasteiger partial charge in [-0.25, -0.2) is 9.97 Å². The van der Waals surface area contributed by atoms with Gasteiger partial charge in [0, 0.05) is 39.9 Å². The maximum Gasteiger partial charge on any atom is 0.134 e. The number of aromatic nitrogens is 2. The largest absolute Gasteiger partial charge is 0.396 e. The Kier molecular flexibility index (Phi) is 4.01. The van der Waals surface area contributed by atoms with Crippen LogP contribution in [0.3, 0.4) is 0 Å². The van der Waals surface area contributed by atoms with Gasteiger partial charge in [0.1, 0.15) is 17.5 Å². The van der Waals surface area contributed by atoms with Gasteiger partial charge in [0.2, 0.25) is 0 Å². The van der Waals surface area contributed by atoms with Crippen LogP contribution >= 0.6 is 0 Å². The molecule has 1 fully saturated rings. The van der Waals surface area contributed by atoms with Crippen molar-refractivity contribution in [3.8, 4) is 0 Å². The standard InChI is InChI=1S/C13H22N4O/c1-10-14-12(16(2)3)8-13(15-10)17-6-4-11(9-18)5-7-17/h8,11,18H,4-7,9H2,1-3H3. The highest BCUT2D eigenvalue weighted by Crippen LogP contribution is 2.23. The van der Waals surface area contributed by atoms with Crippen LogP contribution in [0.5, 0.6) is 0 Å². The molecule has 0 spiro atoms. The van der Waals surface area contributed by atoms with E-state index in [1.807, 2.05) is 32.0 Å². The second kappa shape index (κ2) is 5.52. The van der Waals surface area contributed by atoms with Crippen LogP contribution in [0.15, 0.2) is 6.07 Å². The Bertz CT molecular complexity index is 400. The van der Waals surface area contributed by atoms with Crippen molar-refractivity contribution in [3.05, 3.63) is 11.9 Å². The molecule has 1 aliphatic heterocycles. The van der Waals surface area contributed by atoms with Crippen LogP contribution < -0.4 is 9.80 Å². The van der Waals surface area contributed by atoms with E-state index >= 15 is 0 Å². The molecule has 0 bridgehead atoms. The summed E-state index contributed by atoms with van der Waals surface area (Å²) in [4.78, 5) is 13.2. The van der Waals surface area contributed by atoms with Gasteiger partial charge in [-0.15, -0.1) is 0 Å². The molecule has 0 unspecified atom stereocenters. The summed E-state index contributed by atoms with van der Waals surface area (Å²) in [7, 11) is 3.98. The maximum absolute atomic E-state index is 9.16. The molecular weight excluding hydrogens is 228 g/mol. The van der Waals surface area contributed by atoms with Crippen molar-refractivity contribution < 1.29 is 5.11 Å². The second-order valence-electron chi connectivity index (χ2n) is 5.14. The molecule has 0 saturated carbocycles. The molecule has 0 amide bonds. The van der Waals surface area contributed by atoms with Crippen LogP contribution in [-0.2, 0) is 0 Å². The fourth-order valence-corrected chi connectivity index (χ4v) is 2.27. The molecule has 5 nitrogen and oxygen atoms in total. The van der Waals surface area contributed by atoms with Gasteiger partial charge in [0.15, 0.2) is 0 Å². The van der Waals surface area contributed by atoms with E-state index in [2.05, 4.69) is 14.9 Å². The summed E-state index contributed by atoms with van der Waals surface area (Å²) in [5.41, 5.74) is 0. The minimum atomic E-state index is 0.305. The van der Waals surface area contributed by atoms with E-state index < -0.39 is 0 Å². The van der Waals surface area contributed by atoms with E-state index in [0.29, 0.717) is 12.5 Å². The van der Waals surface area contributed by atoms with Crippen LogP contribution in [0.1, 0.15) is 18.7 Å². The number of nitrogens with zero attached hydrogens (tertiary/aromatic N) is 4. The van der Waals surface area contributed by atoms with Crippen molar-refractivity contribution in [3.63, 3.8) is 0 Å². The molecule has 1 saturated heterocycles. The van der Waals surface area contributed by atoms with Crippen molar-refractivity contribution in [2.24, 2.45) is 5.92 Å². The number of hydrogen-bond donors (Lipinski definition) is 1. The first-order valence-electron chi connectivity index (χ1n) is 6.49. The normalized spacial score (nSPS) is 17.0. The van der Waals surface area contributed by atoms with Gasteiger partial charge in [0.05, 0.1) is 0 Å². The molecule has 1 aromatic heterocycles. The summed E-state index contributed by atoms with van der Waals surface area (Å²) in [5, 5.41) is 9.16. The number of hydrogen-bond acceptors (Lipinski definition) is 5. The van der Waals surface area contributed by atoms with Gasteiger partial charge in [-0.3, -0.25) is 0 Å². The molecule has 1 aliphatic rings. The fraction of sp³-hybridized carbons (Fsp3) is 0.692. The number of piperidine rings is 1. The number of aliphatic hydroxyl groups is 1. The van der Waals surface area contributed by atoms with Crippen LogP contribution in [0.4, 0.5) is 11.6 Å². The smallest absolute Gasteiger partial charge is 0.134 e. The molecule has 0 aliphatic carbocycles. The molecule has 1 aromatic rings. The van der Waals surface area contributed by atoms with E-state index in [4.69, 9.17) is 5.11 Å². The Morgan fingerprint density at radius 2 is 2.00 bits per heavy atom. The van der Waals surface area contributed by atoms with Crippen LogP contribution in [0.2, 0.25) is 0 Å². The number of rotatable bonds is 3. The molecular formula is C13H22N4O. The van der Waals surface area contributed by atoms with Gasteiger partial charge < -0.3 is 14.9 Å². The van der Waals surface area contributed by atoms with Gasteiger partial charge in [-0.1, -0.05) is 0 Å². The Morgan fingerprint density at radius 3 is 2.56 bits per heavy atom. The number of aryl methyl sites for hydroxylation is 1. The topological polar surface area (TPSA) is 52.5 Å². The molecule has 1 N–H and O–H groups in total. The third kappa shape index (κ3) is 2.90. The Hall–Kier alpha value is -1.36. The lowest BCUT2D eigenvalue weighted by molar-refractivity contribution is 0.203. The lowest BCUT2D eigenvalue weighted by atomic mass is 9.98. The summed E-state index contributed by atoms with van der Waals surface area (Å²) >= 11 is 0. The average molecular weight is 250 g/mol. The molecule has 18 heavy (non-hydrogen) atoms. The van der Waals surface area contributed by atoms with Gasteiger partial charge in [0.25, 0.3) is 0 Å². The molecule has 2 heterocycles. The third-order valence-corrected chi connectivity index (χ3v) is 3.47. The van der Waals surface area contributed by atoms with E-state index in [-0.39, 0.29) is 0 Å². The minimum absolute atomic E-state index is 0.305. The van der Waals surface area contributed by atoms with E-state index in [1.165, 1.54) is 0 Å². The SMILES string of the molecule is Cc1nc(N(C)C)cc(N2CCC(CO)CC2)n1. The first-order chi connectivity index (χ1) is 8.60. The predicted molar refractivity (Wildman–Crippen MR) is 73.1 cm³/mol. The summed E-state index contributed by atoms with van der Waals surface area (Å²) in [6.07, 6.45) is 2.08. The van der Waals surface area contributed by atoms with E-state index in [0.717, 1.165) is 43.4 Å². The number of anilines is 2. The van der Waals surface area contributed by atoms with Crippen molar-refractivity contribution in [1.29, 1.82) is 0 Å². The Labute approximate surface area is 108 Å². The quantitative estimate of drug-likeness (QED) is 0.869.